The van der Waals surface area contributed by atoms with Crippen LogP contribution in [-0.2, 0) is 0 Å². The lowest BCUT2D eigenvalue weighted by Gasteiger charge is -2.04. The van der Waals surface area contributed by atoms with E-state index in [0.29, 0.717) is 22.8 Å². The van der Waals surface area contributed by atoms with Crippen LogP contribution in [0.15, 0.2) is 53.8 Å². The highest BCUT2D eigenvalue weighted by molar-refractivity contribution is 6.01. The van der Waals surface area contributed by atoms with Gasteiger partial charge in [0.05, 0.1) is 11.4 Å². The number of aromatic nitrogens is 2. The van der Waals surface area contributed by atoms with Gasteiger partial charge in [0.2, 0.25) is 0 Å². The Morgan fingerprint density at radius 2 is 1.96 bits per heavy atom. The molecule has 0 aliphatic rings. The van der Waals surface area contributed by atoms with E-state index in [-0.39, 0.29) is 5.91 Å². The van der Waals surface area contributed by atoms with Crippen molar-refractivity contribution >= 4 is 23.0 Å². The van der Waals surface area contributed by atoms with Crippen molar-refractivity contribution in [2.75, 3.05) is 5.73 Å². The minimum Gasteiger partial charge on any atom is -0.399 e. The van der Waals surface area contributed by atoms with Gasteiger partial charge in [-0.05, 0) is 43.7 Å². The number of benzene rings is 1. The molecule has 0 fully saturated rings. The Bertz CT molecular complexity index is 893. The Kier molecular flexibility index (Phi) is 3.80. The van der Waals surface area contributed by atoms with E-state index >= 15 is 0 Å². The smallest absolute Gasteiger partial charge is 0.290 e. The van der Waals surface area contributed by atoms with Gasteiger partial charge in [-0.25, -0.2) is 10.4 Å². The largest absolute Gasteiger partial charge is 0.399 e. The molecule has 2 aromatic heterocycles. The van der Waals surface area contributed by atoms with E-state index in [0.717, 1.165) is 11.2 Å². The number of fused-ring (bicyclic) bond motifs is 1. The van der Waals surface area contributed by atoms with Gasteiger partial charge < -0.3 is 5.73 Å². The standard InChI is InChI=1S/C17H17N5O/c1-11(13-6-8-14(18)9-7-13)20-21-17(23)16-12(2)19-15-5-3-4-10-22(15)16/h3-10H,18H2,1-2H3,(H,21,23)/b20-11-. The average molecular weight is 307 g/mol. The number of pyridine rings is 1. The van der Waals surface area contributed by atoms with Gasteiger partial charge in [0, 0.05) is 11.9 Å². The fourth-order valence-electron chi connectivity index (χ4n) is 2.36. The van der Waals surface area contributed by atoms with E-state index in [1.165, 1.54) is 0 Å². The third-order valence-electron chi connectivity index (χ3n) is 3.57. The van der Waals surface area contributed by atoms with Crippen LogP contribution in [0.5, 0.6) is 0 Å². The zero-order valence-electron chi connectivity index (χ0n) is 12.9. The minimum absolute atomic E-state index is 0.295. The SMILES string of the molecule is C/C(=N/NC(=O)c1c(C)nc2ccccn12)c1ccc(N)cc1. The lowest BCUT2D eigenvalue weighted by molar-refractivity contribution is 0.0948. The number of aryl methyl sites for hydroxylation is 1. The summed E-state index contributed by atoms with van der Waals surface area (Å²) < 4.78 is 1.75. The topological polar surface area (TPSA) is 84.8 Å². The fourth-order valence-corrected chi connectivity index (χ4v) is 2.36. The fraction of sp³-hybridized carbons (Fsp3) is 0.118. The Labute approximate surface area is 133 Å². The molecule has 0 saturated heterocycles. The molecule has 0 bridgehead atoms. The first-order chi connectivity index (χ1) is 11.1. The number of hydrazone groups is 1. The number of imidazole rings is 1. The van der Waals surface area contributed by atoms with Gasteiger partial charge in [0.1, 0.15) is 11.3 Å². The number of hydrogen-bond acceptors (Lipinski definition) is 4. The lowest BCUT2D eigenvalue weighted by atomic mass is 10.1. The highest BCUT2D eigenvalue weighted by Gasteiger charge is 2.15. The van der Waals surface area contributed by atoms with Crippen molar-refractivity contribution in [3.8, 4) is 0 Å². The predicted molar refractivity (Wildman–Crippen MR) is 90.5 cm³/mol. The maximum absolute atomic E-state index is 12.4. The van der Waals surface area contributed by atoms with Crippen LogP contribution in [0.1, 0.15) is 28.7 Å². The summed E-state index contributed by atoms with van der Waals surface area (Å²) in [6, 6.07) is 12.9. The normalized spacial score (nSPS) is 11.7. The molecule has 0 aliphatic heterocycles. The molecule has 0 unspecified atom stereocenters. The zero-order valence-corrected chi connectivity index (χ0v) is 12.9. The molecular formula is C17H17N5O. The number of nitrogen functional groups attached to an aromatic ring is 1. The molecule has 23 heavy (non-hydrogen) atoms. The van der Waals surface area contributed by atoms with Gasteiger partial charge in [-0.2, -0.15) is 5.10 Å². The number of nitrogens with one attached hydrogen (secondary N) is 1. The number of anilines is 1. The van der Waals surface area contributed by atoms with Crippen LogP contribution < -0.4 is 11.2 Å². The monoisotopic (exact) mass is 307 g/mol. The summed E-state index contributed by atoms with van der Waals surface area (Å²) in [5.74, 6) is -0.295. The molecule has 0 spiro atoms. The molecule has 1 amide bonds. The molecule has 1 aromatic carbocycles. The van der Waals surface area contributed by atoms with Crippen molar-refractivity contribution in [1.82, 2.24) is 14.8 Å². The van der Waals surface area contributed by atoms with E-state index in [4.69, 9.17) is 5.73 Å². The van der Waals surface area contributed by atoms with Crippen molar-refractivity contribution in [3.63, 3.8) is 0 Å². The third kappa shape index (κ3) is 2.91. The van der Waals surface area contributed by atoms with Gasteiger partial charge in [0.15, 0.2) is 0 Å². The van der Waals surface area contributed by atoms with E-state index in [1.54, 1.807) is 29.7 Å². The predicted octanol–water partition coefficient (Wildman–Crippen LogP) is 2.38. The van der Waals surface area contributed by atoms with E-state index in [1.807, 2.05) is 37.3 Å². The first kappa shape index (κ1) is 14.8. The van der Waals surface area contributed by atoms with Gasteiger partial charge in [-0.3, -0.25) is 9.20 Å². The zero-order chi connectivity index (χ0) is 16.4. The summed E-state index contributed by atoms with van der Waals surface area (Å²) in [5, 5.41) is 4.16. The number of carbonyl (C=O) groups excluding carboxylic acids is 1. The van der Waals surface area contributed by atoms with Crippen molar-refractivity contribution in [1.29, 1.82) is 0 Å². The molecule has 6 heteroatoms. The molecule has 0 aliphatic carbocycles. The van der Waals surface area contributed by atoms with Crippen LogP contribution in [0.3, 0.4) is 0 Å². The molecule has 3 rings (SSSR count). The van der Waals surface area contributed by atoms with Gasteiger partial charge in [-0.1, -0.05) is 18.2 Å². The quantitative estimate of drug-likeness (QED) is 0.442. The highest BCUT2D eigenvalue weighted by Crippen LogP contribution is 2.12. The van der Waals surface area contributed by atoms with Crippen LogP contribution >= 0.6 is 0 Å². The molecule has 3 aromatic rings. The van der Waals surface area contributed by atoms with Gasteiger partial charge >= 0.3 is 0 Å². The Morgan fingerprint density at radius 1 is 1.22 bits per heavy atom. The highest BCUT2D eigenvalue weighted by atomic mass is 16.2. The van der Waals surface area contributed by atoms with Crippen LogP contribution in [0.25, 0.3) is 5.65 Å². The van der Waals surface area contributed by atoms with Crippen LogP contribution in [0.2, 0.25) is 0 Å². The van der Waals surface area contributed by atoms with Crippen molar-refractivity contribution in [2.24, 2.45) is 5.10 Å². The molecule has 3 N–H and O–H groups in total. The molecule has 0 saturated carbocycles. The Balaban J connectivity index is 1.85. The van der Waals surface area contributed by atoms with Gasteiger partial charge in [-0.15, -0.1) is 0 Å². The maximum atomic E-state index is 12.4. The second kappa shape index (κ2) is 5.92. The maximum Gasteiger partial charge on any atom is 0.290 e. The molecule has 0 atom stereocenters. The number of nitrogens with zero attached hydrogens (tertiary/aromatic N) is 3. The lowest BCUT2D eigenvalue weighted by Crippen LogP contribution is -2.21. The Hall–Kier alpha value is -3.15. The number of carbonyl (C=O) groups is 1. The summed E-state index contributed by atoms with van der Waals surface area (Å²) in [4.78, 5) is 16.8. The van der Waals surface area contributed by atoms with E-state index < -0.39 is 0 Å². The molecular weight excluding hydrogens is 290 g/mol. The van der Waals surface area contributed by atoms with Crippen molar-refractivity contribution in [2.45, 2.75) is 13.8 Å². The molecule has 2 heterocycles. The summed E-state index contributed by atoms with van der Waals surface area (Å²) in [7, 11) is 0. The molecule has 0 radical (unpaired) electrons. The average Bonchev–Trinajstić information content (AvgIpc) is 2.88. The second-order valence-corrected chi connectivity index (χ2v) is 5.23. The molecule has 116 valence electrons. The second-order valence-electron chi connectivity index (χ2n) is 5.23. The number of nitrogens with two attached hydrogens (primary N) is 1. The Morgan fingerprint density at radius 3 is 2.70 bits per heavy atom. The van der Waals surface area contributed by atoms with E-state index in [9.17, 15) is 4.79 Å². The number of hydrogen-bond donors (Lipinski definition) is 2. The molecule has 6 nitrogen and oxygen atoms in total. The van der Waals surface area contributed by atoms with Crippen molar-refractivity contribution < 1.29 is 4.79 Å². The summed E-state index contributed by atoms with van der Waals surface area (Å²) in [6.45, 7) is 3.63. The van der Waals surface area contributed by atoms with Crippen LogP contribution in [0, 0.1) is 6.92 Å². The van der Waals surface area contributed by atoms with E-state index in [2.05, 4.69) is 15.5 Å². The summed E-state index contributed by atoms with van der Waals surface area (Å²) in [5.41, 5.74) is 12.4. The van der Waals surface area contributed by atoms with Crippen molar-refractivity contribution in [3.05, 3.63) is 65.6 Å². The third-order valence-corrected chi connectivity index (χ3v) is 3.57. The first-order valence-electron chi connectivity index (χ1n) is 7.20. The first-order valence-corrected chi connectivity index (χ1v) is 7.20. The number of rotatable bonds is 3. The van der Waals surface area contributed by atoms with Crippen LogP contribution in [0.4, 0.5) is 5.69 Å². The summed E-state index contributed by atoms with van der Waals surface area (Å²) in [6.07, 6.45) is 1.81. The van der Waals surface area contributed by atoms with Crippen LogP contribution in [-0.4, -0.2) is 21.0 Å². The minimum atomic E-state index is -0.295. The van der Waals surface area contributed by atoms with Gasteiger partial charge in [0.25, 0.3) is 5.91 Å². The number of amides is 1. The summed E-state index contributed by atoms with van der Waals surface area (Å²) >= 11 is 0.